The minimum atomic E-state index is -3.96. The molecular weight excluding hydrogens is 321 g/mol. The zero-order chi connectivity index (χ0) is 16.6. The molecule has 8 heteroatoms. The first-order valence-corrected chi connectivity index (χ1v) is 8.72. The Morgan fingerprint density at radius 3 is 2.74 bits per heavy atom. The molecule has 1 fully saturated rings. The van der Waals surface area contributed by atoms with Crippen molar-refractivity contribution in [2.45, 2.75) is 24.8 Å². The van der Waals surface area contributed by atoms with E-state index in [4.69, 9.17) is 4.74 Å². The number of halogens is 1. The van der Waals surface area contributed by atoms with Gasteiger partial charge in [-0.1, -0.05) is 12.1 Å². The zero-order valence-corrected chi connectivity index (χ0v) is 13.7. The Labute approximate surface area is 134 Å². The highest BCUT2D eigenvalue weighted by Gasteiger charge is 2.38. The number of sulfonamides is 1. The van der Waals surface area contributed by atoms with E-state index in [1.807, 2.05) is 6.92 Å². The van der Waals surface area contributed by atoms with Gasteiger partial charge in [-0.15, -0.1) is 0 Å². The molecule has 2 heterocycles. The van der Waals surface area contributed by atoms with E-state index in [0.29, 0.717) is 5.69 Å². The number of benzene rings is 1. The third kappa shape index (κ3) is 2.77. The fourth-order valence-corrected chi connectivity index (χ4v) is 4.57. The van der Waals surface area contributed by atoms with Gasteiger partial charge < -0.3 is 4.74 Å². The fraction of sp³-hybridized carbons (Fsp3) is 0.400. The van der Waals surface area contributed by atoms with Crippen LogP contribution in [0.4, 0.5) is 4.39 Å². The van der Waals surface area contributed by atoms with E-state index in [9.17, 15) is 12.8 Å². The first-order chi connectivity index (χ1) is 10.9. The predicted octanol–water partition coefficient (Wildman–Crippen LogP) is 1.93. The molecule has 0 radical (unpaired) electrons. The monoisotopic (exact) mass is 339 g/mol. The molecule has 1 aliphatic rings. The van der Waals surface area contributed by atoms with Crippen molar-refractivity contribution in [1.29, 1.82) is 0 Å². The minimum absolute atomic E-state index is 0.172. The van der Waals surface area contributed by atoms with Gasteiger partial charge in [-0.2, -0.15) is 9.40 Å². The van der Waals surface area contributed by atoms with Gasteiger partial charge in [0, 0.05) is 17.8 Å². The van der Waals surface area contributed by atoms with E-state index in [2.05, 4.69) is 10.2 Å². The Kier molecular flexibility index (Phi) is 4.22. The maximum absolute atomic E-state index is 14.0. The summed E-state index contributed by atoms with van der Waals surface area (Å²) in [6.07, 6.45) is 0. The minimum Gasteiger partial charge on any atom is -0.378 e. The van der Waals surface area contributed by atoms with E-state index < -0.39 is 21.9 Å². The quantitative estimate of drug-likeness (QED) is 0.927. The van der Waals surface area contributed by atoms with Crippen molar-refractivity contribution in [3.63, 3.8) is 0 Å². The first kappa shape index (κ1) is 16.1. The van der Waals surface area contributed by atoms with Crippen molar-refractivity contribution in [1.82, 2.24) is 14.5 Å². The van der Waals surface area contributed by atoms with Gasteiger partial charge in [-0.25, -0.2) is 12.8 Å². The number of hydrogen-bond acceptors (Lipinski definition) is 4. The number of rotatable bonds is 3. The second-order valence-corrected chi connectivity index (χ2v) is 7.34. The van der Waals surface area contributed by atoms with Crippen LogP contribution in [0.3, 0.4) is 0 Å². The molecule has 1 aromatic carbocycles. The lowest BCUT2D eigenvalue weighted by molar-refractivity contribution is 0.0315. The molecule has 0 spiro atoms. The number of morpholine rings is 1. The van der Waals surface area contributed by atoms with Gasteiger partial charge in [0.2, 0.25) is 10.0 Å². The van der Waals surface area contributed by atoms with Gasteiger partial charge in [0.15, 0.2) is 0 Å². The van der Waals surface area contributed by atoms with Crippen LogP contribution in [-0.2, 0) is 14.8 Å². The van der Waals surface area contributed by atoms with E-state index in [-0.39, 0.29) is 24.7 Å². The van der Waals surface area contributed by atoms with E-state index in [1.54, 1.807) is 6.92 Å². The Balaban J connectivity index is 2.07. The smallest absolute Gasteiger partial charge is 0.246 e. The number of aromatic nitrogens is 2. The lowest BCUT2D eigenvalue weighted by atomic mass is 10.1. The van der Waals surface area contributed by atoms with E-state index >= 15 is 0 Å². The van der Waals surface area contributed by atoms with Crippen LogP contribution in [-0.4, -0.2) is 42.7 Å². The van der Waals surface area contributed by atoms with Gasteiger partial charge in [0.25, 0.3) is 0 Å². The molecular formula is C15H18FN3O3S. The molecule has 23 heavy (non-hydrogen) atoms. The standard InChI is InChI=1S/C15H18FN3O3S/c1-10-15(11(2)18-17-10)13-9-22-8-7-19(13)23(20,21)14-6-4-3-5-12(14)16/h3-6,13H,7-9H2,1-2H3,(H,17,18)/t13-/m0/s1. The van der Waals surface area contributed by atoms with Crippen LogP contribution in [0.2, 0.25) is 0 Å². The Bertz CT molecular complexity index is 800. The summed E-state index contributed by atoms with van der Waals surface area (Å²) in [7, 11) is -3.96. The molecule has 6 nitrogen and oxygen atoms in total. The molecule has 3 rings (SSSR count). The topological polar surface area (TPSA) is 75.3 Å². The second-order valence-electron chi connectivity index (χ2n) is 5.48. The van der Waals surface area contributed by atoms with Crippen LogP contribution in [0.15, 0.2) is 29.2 Å². The largest absolute Gasteiger partial charge is 0.378 e. The molecule has 2 aromatic rings. The highest BCUT2D eigenvalue weighted by Crippen LogP contribution is 2.33. The molecule has 124 valence electrons. The SMILES string of the molecule is Cc1n[nH]c(C)c1[C@@H]1COCCN1S(=O)(=O)c1ccccc1F. The van der Waals surface area contributed by atoms with Crippen molar-refractivity contribution in [2.75, 3.05) is 19.8 Å². The third-order valence-electron chi connectivity index (χ3n) is 4.02. The Morgan fingerprint density at radius 2 is 2.09 bits per heavy atom. The predicted molar refractivity (Wildman–Crippen MR) is 81.9 cm³/mol. The summed E-state index contributed by atoms with van der Waals surface area (Å²) in [5.74, 6) is -0.752. The number of nitrogens with one attached hydrogen (secondary N) is 1. The summed E-state index contributed by atoms with van der Waals surface area (Å²) in [4.78, 5) is -0.314. The van der Waals surface area contributed by atoms with Crippen LogP contribution in [0.5, 0.6) is 0 Å². The lowest BCUT2D eigenvalue weighted by Gasteiger charge is -2.35. The van der Waals surface area contributed by atoms with Crippen molar-refractivity contribution < 1.29 is 17.5 Å². The highest BCUT2D eigenvalue weighted by molar-refractivity contribution is 7.89. The maximum atomic E-state index is 14.0. The summed E-state index contributed by atoms with van der Waals surface area (Å²) >= 11 is 0. The average Bonchev–Trinajstić information content (AvgIpc) is 2.86. The second kappa shape index (κ2) is 6.03. The van der Waals surface area contributed by atoms with Gasteiger partial charge in [-0.05, 0) is 26.0 Å². The van der Waals surface area contributed by atoms with Crippen molar-refractivity contribution in [3.8, 4) is 0 Å². The summed E-state index contributed by atoms with van der Waals surface area (Å²) in [6.45, 7) is 4.31. The summed E-state index contributed by atoms with van der Waals surface area (Å²) in [5, 5.41) is 6.98. The van der Waals surface area contributed by atoms with Crippen LogP contribution in [0.1, 0.15) is 23.0 Å². The number of aromatic amines is 1. The van der Waals surface area contributed by atoms with Gasteiger partial charge in [0.1, 0.15) is 10.7 Å². The molecule has 0 bridgehead atoms. The first-order valence-electron chi connectivity index (χ1n) is 7.28. The van der Waals surface area contributed by atoms with Crippen molar-refractivity contribution in [2.24, 2.45) is 0 Å². The van der Waals surface area contributed by atoms with Crippen LogP contribution in [0.25, 0.3) is 0 Å². The van der Waals surface area contributed by atoms with Crippen molar-refractivity contribution in [3.05, 3.63) is 47.0 Å². The Morgan fingerprint density at radius 1 is 1.35 bits per heavy atom. The summed E-state index contributed by atoms with van der Waals surface area (Å²) in [6, 6.07) is 4.89. The zero-order valence-electron chi connectivity index (χ0n) is 12.9. The van der Waals surface area contributed by atoms with Gasteiger partial charge >= 0.3 is 0 Å². The number of H-pyrrole nitrogens is 1. The average molecular weight is 339 g/mol. The molecule has 1 N–H and O–H groups in total. The molecule has 0 unspecified atom stereocenters. The normalized spacial score (nSPS) is 19.9. The number of nitrogens with zero attached hydrogens (tertiary/aromatic N) is 2. The van der Waals surface area contributed by atoms with Gasteiger partial charge in [0.05, 0.1) is 24.9 Å². The van der Waals surface area contributed by atoms with Crippen LogP contribution < -0.4 is 0 Å². The summed E-state index contributed by atoms with van der Waals surface area (Å²) in [5.41, 5.74) is 2.28. The number of ether oxygens (including phenoxy) is 1. The molecule has 1 atom stereocenters. The number of aryl methyl sites for hydroxylation is 2. The lowest BCUT2D eigenvalue weighted by Crippen LogP contribution is -2.43. The van der Waals surface area contributed by atoms with E-state index in [0.717, 1.165) is 17.3 Å². The highest BCUT2D eigenvalue weighted by atomic mass is 32.2. The molecule has 0 amide bonds. The van der Waals surface area contributed by atoms with Gasteiger partial charge in [-0.3, -0.25) is 5.10 Å². The van der Waals surface area contributed by atoms with Crippen LogP contribution in [0, 0.1) is 19.7 Å². The molecule has 0 saturated carbocycles. The molecule has 0 aliphatic carbocycles. The molecule has 1 aliphatic heterocycles. The maximum Gasteiger partial charge on any atom is 0.246 e. The molecule has 1 saturated heterocycles. The fourth-order valence-electron chi connectivity index (χ4n) is 2.93. The summed E-state index contributed by atoms with van der Waals surface area (Å²) < 4.78 is 46.7. The Hall–Kier alpha value is -1.77. The number of hydrogen-bond donors (Lipinski definition) is 1. The van der Waals surface area contributed by atoms with Crippen molar-refractivity contribution >= 4 is 10.0 Å². The van der Waals surface area contributed by atoms with Crippen LogP contribution >= 0.6 is 0 Å². The molecule has 1 aromatic heterocycles. The third-order valence-corrected chi connectivity index (χ3v) is 5.96. The van der Waals surface area contributed by atoms with E-state index in [1.165, 1.54) is 22.5 Å².